The number of amides is 2. The van der Waals surface area contributed by atoms with E-state index in [-0.39, 0.29) is 11.8 Å². The number of thioether (sulfide) groups is 1. The van der Waals surface area contributed by atoms with Crippen LogP contribution in [0, 0.1) is 13.8 Å². The number of benzene rings is 2. The molecule has 2 N–H and O–H groups in total. The second-order valence-electron chi connectivity index (χ2n) is 8.51. The smallest absolute Gasteiger partial charge is 0.269 e. The van der Waals surface area contributed by atoms with E-state index in [0.717, 1.165) is 47.3 Å². The molecule has 3 aromatic rings. The van der Waals surface area contributed by atoms with Crippen molar-refractivity contribution < 1.29 is 9.59 Å². The molecule has 176 valence electrons. The first-order valence-corrected chi connectivity index (χ1v) is 12.4. The lowest BCUT2D eigenvalue weighted by atomic mass is 10.1. The first-order valence-electron chi connectivity index (χ1n) is 11.4. The number of nitrogens with zero attached hydrogens (tertiary/aromatic N) is 3. The Balaban J connectivity index is 1.27. The number of nitrogens with one attached hydrogen (secondary N) is 2. The molecule has 0 atom stereocenters. The maximum absolute atomic E-state index is 12.5. The summed E-state index contributed by atoms with van der Waals surface area (Å²) in [4.78, 5) is 36.3. The molecule has 1 aliphatic heterocycles. The van der Waals surface area contributed by atoms with Crippen molar-refractivity contribution >= 4 is 23.6 Å². The molecule has 0 bridgehead atoms. The quantitative estimate of drug-likeness (QED) is 0.305. The molecule has 0 unspecified atom stereocenters. The van der Waals surface area contributed by atoms with Crippen molar-refractivity contribution in [2.45, 2.75) is 44.1 Å². The summed E-state index contributed by atoms with van der Waals surface area (Å²) < 4.78 is 0. The molecule has 0 radical (unpaired) electrons. The van der Waals surface area contributed by atoms with Gasteiger partial charge in [-0.1, -0.05) is 36.0 Å². The highest BCUT2D eigenvalue weighted by molar-refractivity contribution is 7.98. The Labute approximate surface area is 204 Å². The summed E-state index contributed by atoms with van der Waals surface area (Å²) in [6, 6.07) is 16.8. The van der Waals surface area contributed by atoms with Gasteiger partial charge in [0.15, 0.2) is 5.16 Å². The van der Waals surface area contributed by atoms with Gasteiger partial charge in [-0.05, 0) is 81.2 Å². The fourth-order valence-electron chi connectivity index (χ4n) is 3.93. The van der Waals surface area contributed by atoms with Gasteiger partial charge in [0.1, 0.15) is 0 Å². The molecule has 1 aromatic heterocycles. The Hall–Kier alpha value is -3.23. The molecular weight excluding hydrogens is 446 g/mol. The van der Waals surface area contributed by atoms with Crippen molar-refractivity contribution in [3.63, 3.8) is 0 Å². The third-order valence-electron chi connectivity index (χ3n) is 5.63. The van der Waals surface area contributed by atoms with E-state index in [2.05, 4.69) is 25.7 Å². The first kappa shape index (κ1) is 23.9. The molecule has 7 nitrogen and oxygen atoms in total. The molecule has 0 aliphatic carbocycles. The molecule has 1 aliphatic rings. The predicted molar refractivity (Wildman–Crippen MR) is 133 cm³/mol. The van der Waals surface area contributed by atoms with Gasteiger partial charge in [-0.15, -0.1) is 0 Å². The molecule has 8 heteroatoms. The minimum Gasteiger partial charge on any atom is -0.299 e. The minimum absolute atomic E-state index is 0.335. The van der Waals surface area contributed by atoms with Crippen molar-refractivity contribution in [1.82, 2.24) is 25.7 Å². The molecule has 2 amide bonds. The minimum atomic E-state index is -0.363. The monoisotopic (exact) mass is 475 g/mol. The van der Waals surface area contributed by atoms with Crippen molar-refractivity contribution in [2.24, 2.45) is 0 Å². The van der Waals surface area contributed by atoms with E-state index < -0.39 is 0 Å². The number of carbonyl (C=O) groups is 2. The lowest BCUT2D eigenvalue weighted by Crippen LogP contribution is -2.41. The van der Waals surface area contributed by atoms with Gasteiger partial charge in [0.2, 0.25) is 0 Å². The molecule has 1 saturated heterocycles. The zero-order chi connectivity index (χ0) is 23.9. The van der Waals surface area contributed by atoms with Gasteiger partial charge in [-0.2, -0.15) is 0 Å². The highest BCUT2D eigenvalue weighted by Gasteiger charge is 2.14. The fourth-order valence-corrected chi connectivity index (χ4v) is 4.83. The van der Waals surface area contributed by atoms with Crippen LogP contribution >= 0.6 is 11.8 Å². The zero-order valence-corrected chi connectivity index (χ0v) is 20.3. The maximum Gasteiger partial charge on any atom is 0.269 e. The van der Waals surface area contributed by atoms with E-state index >= 15 is 0 Å². The number of aromatic nitrogens is 2. The Morgan fingerprint density at radius 2 is 1.50 bits per heavy atom. The molecule has 2 aromatic carbocycles. The summed E-state index contributed by atoms with van der Waals surface area (Å²) in [6.45, 7) is 6.95. The SMILES string of the molecule is Cc1cc(C)nc(SCc2ccc(C(=O)NNC(=O)c3cccc(CN4CCCC4)c3)cc2)n1. The summed E-state index contributed by atoms with van der Waals surface area (Å²) in [5.41, 5.74) is 10.1. The second-order valence-corrected chi connectivity index (χ2v) is 9.45. The second kappa shape index (κ2) is 11.3. The highest BCUT2D eigenvalue weighted by atomic mass is 32.2. The molecule has 0 saturated carbocycles. The van der Waals surface area contributed by atoms with Gasteiger partial charge in [-0.3, -0.25) is 25.3 Å². The summed E-state index contributed by atoms with van der Waals surface area (Å²) in [5, 5.41) is 0.742. The number of rotatable bonds is 7. The summed E-state index contributed by atoms with van der Waals surface area (Å²) in [6.07, 6.45) is 2.46. The van der Waals surface area contributed by atoms with Crippen LogP contribution in [0.4, 0.5) is 0 Å². The lowest BCUT2D eigenvalue weighted by molar-refractivity contribution is 0.0846. The largest absolute Gasteiger partial charge is 0.299 e. The molecule has 1 fully saturated rings. The van der Waals surface area contributed by atoms with E-state index in [0.29, 0.717) is 16.9 Å². The van der Waals surface area contributed by atoms with Crippen molar-refractivity contribution in [3.05, 3.63) is 88.2 Å². The Bertz CT molecular complexity index is 1140. The third kappa shape index (κ3) is 6.65. The third-order valence-corrected chi connectivity index (χ3v) is 6.55. The number of hydrogen-bond donors (Lipinski definition) is 2. The summed E-state index contributed by atoms with van der Waals surface area (Å²) >= 11 is 1.56. The number of carbonyl (C=O) groups excluding carboxylic acids is 2. The van der Waals surface area contributed by atoms with E-state index in [1.807, 2.05) is 50.2 Å². The Kier molecular flexibility index (Phi) is 7.92. The van der Waals surface area contributed by atoms with Crippen LogP contribution in [0.2, 0.25) is 0 Å². The van der Waals surface area contributed by atoms with Gasteiger partial charge in [0, 0.05) is 34.8 Å². The van der Waals surface area contributed by atoms with Gasteiger partial charge in [0.25, 0.3) is 11.8 Å². The van der Waals surface area contributed by atoms with Crippen molar-refractivity contribution in [2.75, 3.05) is 13.1 Å². The summed E-state index contributed by atoms with van der Waals surface area (Å²) in [5.74, 6) is 0.00599. The van der Waals surface area contributed by atoms with Crippen LogP contribution in [0.15, 0.2) is 59.8 Å². The van der Waals surface area contributed by atoms with Crippen LogP contribution in [-0.2, 0) is 12.3 Å². The zero-order valence-electron chi connectivity index (χ0n) is 19.5. The number of likely N-dealkylation sites (tertiary alicyclic amines) is 1. The normalized spacial score (nSPS) is 13.6. The van der Waals surface area contributed by atoms with Crippen LogP contribution in [0.3, 0.4) is 0 Å². The number of aryl methyl sites for hydroxylation is 2. The molecule has 2 heterocycles. The van der Waals surface area contributed by atoms with Crippen molar-refractivity contribution in [3.8, 4) is 0 Å². The topological polar surface area (TPSA) is 87.2 Å². The van der Waals surface area contributed by atoms with Crippen LogP contribution in [0.1, 0.15) is 56.1 Å². The average Bonchev–Trinajstić information content (AvgIpc) is 3.34. The molecular formula is C26H29N5O2S. The standard InChI is InChI=1S/C26H29N5O2S/c1-18-14-19(2)28-26(27-18)34-17-20-8-10-22(11-9-20)24(32)29-30-25(33)23-7-5-6-21(15-23)16-31-12-3-4-13-31/h5-11,14-15H,3-4,12-13,16-17H2,1-2H3,(H,29,32)(H,30,33). The Morgan fingerprint density at radius 3 is 2.18 bits per heavy atom. The van der Waals surface area contributed by atoms with Crippen LogP contribution in [0.5, 0.6) is 0 Å². The van der Waals surface area contributed by atoms with E-state index in [1.54, 1.807) is 30.0 Å². The predicted octanol–water partition coefficient (Wildman–Crippen LogP) is 4.06. The van der Waals surface area contributed by atoms with Gasteiger partial charge in [-0.25, -0.2) is 9.97 Å². The van der Waals surface area contributed by atoms with E-state index in [1.165, 1.54) is 12.8 Å². The summed E-state index contributed by atoms with van der Waals surface area (Å²) in [7, 11) is 0. The molecule has 4 rings (SSSR count). The van der Waals surface area contributed by atoms with Crippen LogP contribution in [-0.4, -0.2) is 39.8 Å². The lowest BCUT2D eigenvalue weighted by Gasteiger charge is -2.15. The first-order chi connectivity index (χ1) is 16.5. The van der Waals surface area contributed by atoms with Crippen LogP contribution in [0.25, 0.3) is 0 Å². The molecule has 34 heavy (non-hydrogen) atoms. The van der Waals surface area contributed by atoms with Crippen molar-refractivity contribution in [1.29, 1.82) is 0 Å². The van der Waals surface area contributed by atoms with E-state index in [9.17, 15) is 9.59 Å². The Morgan fingerprint density at radius 1 is 0.853 bits per heavy atom. The van der Waals surface area contributed by atoms with Gasteiger partial charge in [0.05, 0.1) is 0 Å². The fraction of sp³-hybridized carbons (Fsp3) is 0.308. The number of hydrazine groups is 1. The molecule has 0 spiro atoms. The van der Waals surface area contributed by atoms with Gasteiger partial charge < -0.3 is 0 Å². The highest BCUT2D eigenvalue weighted by Crippen LogP contribution is 2.20. The van der Waals surface area contributed by atoms with Crippen LogP contribution < -0.4 is 10.9 Å². The van der Waals surface area contributed by atoms with Gasteiger partial charge >= 0.3 is 0 Å². The number of hydrogen-bond acceptors (Lipinski definition) is 6. The average molecular weight is 476 g/mol. The maximum atomic E-state index is 12.5. The van der Waals surface area contributed by atoms with E-state index in [4.69, 9.17) is 0 Å².